The molecule has 0 saturated heterocycles. The zero-order valence-corrected chi connectivity index (χ0v) is 17.3. The third kappa shape index (κ3) is 3.80. The van der Waals surface area contributed by atoms with Crippen molar-refractivity contribution in [1.29, 1.82) is 0 Å². The van der Waals surface area contributed by atoms with Crippen LogP contribution in [0.4, 0.5) is 4.39 Å². The Balaban J connectivity index is 2.75. The smallest absolute Gasteiger partial charge is 0.105 e. The molecule has 0 amide bonds. The third-order valence-electron chi connectivity index (χ3n) is 5.53. The molecule has 0 bridgehead atoms. The zero-order valence-electron chi connectivity index (χ0n) is 17.3. The van der Waals surface area contributed by atoms with Gasteiger partial charge < -0.3 is 4.90 Å². The highest BCUT2D eigenvalue weighted by Gasteiger charge is 2.44. The van der Waals surface area contributed by atoms with Gasteiger partial charge in [0, 0.05) is 17.2 Å². The first-order chi connectivity index (χ1) is 12.7. The van der Waals surface area contributed by atoms with E-state index in [0.29, 0.717) is 12.9 Å². The van der Waals surface area contributed by atoms with Gasteiger partial charge in [-0.3, -0.25) is 9.98 Å². The van der Waals surface area contributed by atoms with E-state index in [9.17, 15) is 4.39 Å². The van der Waals surface area contributed by atoms with Gasteiger partial charge in [0.1, 0.15) is 5.84 Å². The molecule has 4 heteroatoms. The van der Waals surface area contributed by atoms with Crippen LogP contribution in [0.5, 0.6) is 0 Å². The molecule has 0 saturated carbocycles. The van der Waals surface area contributed by atoms with Crippen LogP contribution in [0.3, 0.4) is 0 Å². The van der Waals surface area contributed by atoms with Crippen LogP contribution in [0.2, 0.25) is 0 Å². The molecular formula is C23H30FN3. The number of dihydropyridines is 1. The number of aliphatic imine (C=N–C) groups is 2. The van der Waals surface area contributed by atoms with Crippen molar-refractivity contribution in [2.24, 2.45) is 15.4 Å². The first-order valence-corrected chi connectivity index (χ1v) is 9.25. The van der Waals surface area contributed by atoms with Crippen LogP contribution in [0.1, 0.15) is 41.5 Å². The number of rotatable bonds is 5. The molecule has 0 fully saturated rings. The Morgan fingerprint density at radius 1 is 1.22 bits per heavy atom. The van der Waals surface area contributed by atoms with Gasteiger partial charge >= 0.3 is 0 Å². The van der Waals surface area contributed by atoms with Crippen LogP contribution in [-0.4, -0.2) is 28.5 Å². The van der Waals surface area contributed by atoms with Crippen molar-refractivity contribution in [3.63, 3.8) is 0 Å². The lowest BCUT2D eigenvalue weighted by Gasteiger charge is -2.45. The van der Waals surface area contributed by atoms with E-state index in [1.54, 1.807) is 6.08 Å². The Bertz CT molecular complexity index is 815. The third-order valence-corrected chi connectivity index (χ3v) is 5.53. The van der Waals surface area contributed by atoms with Crippen molar-refractivity contribution in [3.8, 4) is 0 Å². The van der Waals surface area contributed by atoms with Crippen molar-refractivity contribution >= 4 is 11.5 Å². The molecule has 0 spiro atoms. The maximum atomic E-state index is 13.4. The normalized spacial score (nSPS) is 22.5. The summed E-state index contributed by atoms with van der Waals surface area (Å²) < 4.78 is 13.4. The monoisotopic (exact) mass is 367 g/mol. The first-order valence-electron chi connectivity index (χ1n) is 9.25. The molecule has 2 aliphatic rings. The average molecular weight is 368 g/mol. The van der Waals surface area contributed by atoms with E-state index < -0.39 is 0 Å². The molecule has 3 nitrogen and oxygen atoms in total. The molecule has 0 aromatic rings. The molecule has 0 unspecified atom stereocenters. The molecule has 144 valence electrons. The molecule has 0 aromatic carbocycles. The predicted molar refractivity (Wildman–Crippen MR) is 115 cm³/mol. The summed E-state index contributed by atoms with van der Waals surface area (Å²) in [7, 11) is 0. The summed E-state index contributed by atoms with van der Waals surface area (Å²) in [6.07, 6.45) is 13.7. The minimum Gasteiger partial charge on any atom is -0.304 e. The van der Waals surface area contributed by atoms with Crippen molar-refractivity contribution in [1.82, 2.24) is 4.90 Å². The lowest BCUT2D eigenvalue weighted by atomic mass is 9.65. The predicted octanol–water partition coefficient (Wildman–Crippen LogP) is 5.92. The Kier molecular flexibility index (Phi) is 6.19. The molecule has 0 aliphatic carbocycles. The lowest BCUT2D eigenvalue weighted by Crippen LogP contribution is -2.45. The van der Waals surface area contributed by atoms with E-state index >= 15 is 0 Å². The van der Waals surface area contributed by atoms with E-state index in [1.165, 1.54) is 6.08 Å². The molecule has 0 aromatic heterocycles. The van der Waals surface area contributed by atoms with Crippen LogP contribution in [0, 0.1) is 5.41 Å². The van der Waals surface area contributed by atoms with Gasteiger partial charge in [0.25, 0.3) is 0 Å². The fraction of sp³-hybridized carbons (Fsp3) is 0.391. The van der Waals surface area contributed by atoms with Gasteiger partial charge in [-0.05, 0) is 51.5 Å². The number of hydrogen-bond donors (Lipinski definition) is 0. The molecule has 0 radical (unpaired) electrons. The summed E-state index contributed by atoms with van der Waals surface area (Å²) in [4.78, 5) is 11.6. The number of amidine groups is 1. The minimum absolute atomic E-state index is 0.252. The van der Waals surface area contributed by atoms with Gasteiger partial charge in [-0.15, -0.1) is 0 Å². The maximum absolute atomic E-state index is 13.4. The van der Waals surface area contributed by atoms with E-state index in [0.717, 1.165) is 28.4 Å². The van der Waals surface area contributed by atoms with E-state index in [1.807, 2.05) is 43.2 Å². The molecule has 0 N–H and O–H groups in total. The summed E-state index contributed by atoms with van der Waals surface area (Å²) in [5, 5.41) is 0. The SMILES string of the molecule is C=C/C=C\N1C(C2=NC(C)(C)C(C)(C)C(/C=C\C)=C2/C=C/F)=CCN=C1C. The van der Waals surface area contributed by atoms with Crippen LogP contribution in [0.15, 0.2) is 82.4 Å². The van der Waals surface area contributed by atoms with Gasteiger partial charge in [0.2, 0.25) is 0 Å². The standard InChI is InChI=1S/C23H30FN3/c1-8-10-16-27-17(3)25-15-13-20(27)21-18(12-14-24)19(11-9-2)22(4,5)23(6,7)26-21/h8-14,16H,1,15H2,2-7H3/b11-9-,14-12+,16-10-. The van der Waals surface area contributed by atoms with Gasteiger partial charge in [-0.2, -0.15) is 0 Å². The number of halogens is 1. The second-order valence-electron chi connectivity index (χ2n) is 7.69. The summed E-state index contributed by atoms with van der Waals surface area (Å²) in [5.74, 6) is 0.868. The van der Waals surface area contributed by atoms with Crippen LogP contribution in [-0.2, 0) is 0 Å². The quantitative estimate of drug-likeness (QED) is 0.554. The molecule has 0 atom stereocenters. The van der Waals surface area contributed by atoms with Crippen molar-refractivity contribution in [2.45, 2.75) is 47.1 Å². The number of allylic oxidation sites excluding steroid dienone is 6. The van der Waals surface area contributed by atoms with E-state index in [-0.39, 0.29) is 11.0 Å². The Morgan fingerprint density at radius 3 is 2.52 bits per heavy atom. The van der Waals surface area contributed by atoms with Gasteiger partial charge in [-0.25, -0.2) is 4.39 Å². The Morgan fingerprint density at radius 2 is 1.93 bits per heavy atom. The van der Waals surface area contributed by atoms with Gasteiger partial charge in [0.15, 0.2) is 0 Å². The van der Waals surface area contributed by atoms with Gasteiger partial charge in [0.05, 0.1) is 29.8 Å². The summed E-state index contributed by atoms with van der Waals surface area (Å²) in [5.41, 5.74) is 2.96. The summed E-state index contributed by atoms with van der Waals surface area (Å²) >= 11 is 0. The highest BCUT2D eigenvalue weighted by molar-refractivity contribution is 6.17. The van der Waals surface area contributed by atoms with Crippen LogP contribution in [0.25, 0.3) is 0 Å². The minimum atomic E-state index is -0.359. The number of nitrogens with zero attached hydrogens (tertiary/aromatic N) is 3. The van der Waals surface area contributed by atoms with Gasteiger partial charge in [-0.1, -0.05) is 38.7 Å². The fourth-order valence-electron chi connectivity index (χ4n) is 3.32. The largest absolute Gasteiger partial charge is 0.304 e. The van der Waals surface area contributed by atoms with Crippen molar-refractivity contribution in [2.75, 3.05) is 6.54 Å². The average Bonchev–Trinajstić information content (AvgIpc) is 2.60. The van der Waals surface area contributed by atoms with E-state index in [2.05, 4.69) is 45.3 Å². The molecular weight excluding hydrogens is 337 g/mol. The molecule has 2 rings (SSSR count). The second kappa shape index (κ2) is 8.03. The Labute approximate surface area is 162 Å². The molecule has 27 heavy (non-hydrogen) atoms. The Hall–Kier alpha value is -2.49. The highest BCUT2D eigenvalue weighted by atomic mass is 19.1. The first kappa shape index (κ1) is 20.8. The highest BCUT2D eigenvalue weighted by Crippen LogP contribution is 2.47. The zero-order chi connectivity index (χ0) is 20.2. The topological polar surface area (TPSA) is 28.0 Å². The fourth-order valence-corrected chi connectivity index (χ4v) is 3.32. The second-order valence-corrected chi connectivity index (χ2v) is 7.69. The summed E-state index contributed by atoms with van der Waals surface area (Å²) in [6, 6.07) is 0. The maximum Gasteiger partial charge on any atom is 0.105 e. The number of hydrogen-bond acceptors (Lipinski definition) is 3. The van der Waals surface area contributed by atoms with Crippen LogP contribution >= 0.6 is 0 Å². The molecule has 2 heterocycles. The lowest BCUT2D eigenvalue weighted by molar-refractivity contribution is 0.256. The molecule has 2 aliphatic heterocycles. The van der Waals surface area contributed by atoms with Crippen molar-refractivity contribution < 1.29 is 4.39 Å². The van der Waals surface area contributed by atoms with Crippen molar-refractivity contribution in [3.05, 3.63) is 72.4 Å². The van der Waals surface area contributed by atoms with Crippen LogP contribution < -0.4 is 0 Å². The van der Waals surface area contributed by atoms with E-state index in [4.69, 9.17) is 4.99 Å². The summed E-state index contributed by atoms with van der Waals surface area (Å²) in [6.45, 7) is 16.8.